The van der Waals surface area contributed by atoms with E-state index < -0.39 is 0 Å². The number of rotatable bonds is 1. The highest BCUT2D eigenvalue weighted by Crippen LogP contribution is 2.43. The van der Waals surface area contributed by atoms with Gasteiger partial charge in [0.15, 0.2) is 0 Å². The van der Waals surface area contributed by atoms with Crippen LogP contribution in [0.4, 0.5) is 0 Å². The molecule has 0 bridgehead atoms. The van der Waals surface area contributed by atoms with E-state index in [-0.39, 0.29) is 0 Å². The van der Waals surface area contributed by atoms with Crippen LogP contribution in [0, 0.1) is 5.92 Å². The van der Waals surface area contributed by atoms with Gasteiger partial charge in [0.05, 0.1) is 13.1 Å². The summed E-state index contributed by atoms with van der Waals surface area (Å²) in [5.74, 6) is 1.02. The molecule has 2 aliphatic heterocycles. The van der Waals surface area contributed by atoms with E-state index in [1.165, 1.54) is 30.5 Å². The summed E-state index contributed by atoms with van der Waals surface area (Å²) in [7, 11) is 0. The van der Waals surface area contributed by atoms with Gasteiger partial charge in [-0.2, -0.15) is 0 Å². The monoisotopic (exact) mass is 126 g/mol. The normalized spacial score (nSPS) is 55.3. The standard InChI is InChI=1S/C8H16N/c1-3-9-5-7(2)4-8(9)6-9/h7-8H,3-6H2,1-2H3/q+1/t7-,8?,9?/m0/s1. The zero-order chi connectivity index (χ0) is 6.48. The lowest BCUT2D eigenvalue weighted by Gasteiger charge is -2.13. The first-order valence-electron chi connectivity index (χ1n) is 4.12. The number of quaternary nitrogens is 1. The van der Waals surface area contributed by atoms with E-state index >= 15 is 0 Å². The van der Waals surface area contributed by atoms with Crippen LogP contribution in [-0.4, -0.2) is 30.2 Å². The van der Waals surface area contributed by atoms with E-state index in [0.29, 0.717) is 0 Å². The maximum atomic E-state index is 2.39. The molecule has 2 saturated heterocycles. The number of fused-ring (bicyclic) bond motifs is 1. The van der Waals surface area contributed by atoms with Gasteiger partial charge in [-0.25, -0.2) is 0 Å². The minimum atomic E-state index is 1.02. The first-order valence-corrected chi connectivity index (χ1v) is 4.12. The first-order chi connectivity index (χ1) is 4.27. The molecule has 2 aliphatic rings. The van der Waals surface area contributed by atoms with Gasteiger partial charge in [-0.15, -0.1) is 0 Å². The van der Waals surface area contributed by atoms with E-state index in [1.54, 1.807) is 0 Å². The van der Waals surface area contributed by atoms with Crippen LogP contribution in [0.1, 0.15) is 20.3 Å². The van der Waals surface area contributed by atoms with E-state index in [1.807, 2.05) is 0 Å². The third-order valence-electron chi connectivity index (χ3n) is 3.19. The van der Waals surface area contributed by atoms with Crippen LogP contribution in [0.25, 0.3) is 0 Å². The Kier molecular flexibility index (Phi) is 0.963. The molecule has 9 heavy (non-hydrogen) atoms. The van der Waals surface area contributed by atoms with Crippen molar-refractivity contribution >= 4 is 0 Å². The topological polar surface area (TPSA) is 0 Å². The molecule has 2 fully saturated rings. The van der Waals surface area contributed by atoms with Crippen LogP contribution in [0.3, 0.4) is 0 Å². The SMILES string of the molecule is CC[N+]12CC1C[C@H](C)C2. The number of piperidine rings is 1. The van der Waals surface area contributed by atoms with E-state index in [4.69, 9.17) is 0 Å². The molecule has 0 amide bonds. The molecule has 1 nitrogen and oxygen atoms in total. The van der Waals surface area contributed by atoms with Gasteiger partial charge in [0, 0.05) is 12.3 Å². The Balaban J connectivity index is 2.05. The van der Waals surface area contributed by atoms with Crippen LogP contribution >= 0.6 is 0 Å². The molecule has 0 aromatic heterocycles. The minimum absolute atomic E-state index is 1.02. The summed E-state index contributed by atoms with van der Waals surface area (Å²) >= 11 is 0. The van der Waals surface area contributed by atoms with Crippen molar-refractivity contribution in [1.82, 2.24) is 0 Å². The molecule has 0 aromatic carbocycles. The molecular weight excluding hydrogens is 110 g/mol. The second-order valence-corrected chi connectivity index (χ2v) is 3.89. The van der Waals surface area contributed by atoms with Gasteiger partial charge in [0.1, 0.15) is 12.6 Å². The lowest BCUT2D eigenvalue weighted by atomic mass is 10.1. The summed E-state index contributed by atoms with van der Waals surface area (Å²) in [4.78, 5) is 0. The summed E-state index contributed by atoms with van der Waals surface area (Å²) in [5.41, 5.74) is 0. The Bertz CT molecular complexity index is 129. The fourth-order valence-electron chi connectivity index (χ4n) is 2.57. The van der Waals surface area contributed by atoms with Gasteiger partial charge >= 0.3 is 0 Å². The van der Waals surface area contributed by atoms with Crippen LogP contribution in [0.15, 0.2) is 0 Å². The summed E-state index contributed by atoms with van der Waals surface area (Å²) in [6, 6.07) is 1.09. The van der Waals surface area contributed by atoms with Gasteiger partial charge in [0.2, 0.25) is 0 Å². The second-order valence-electron chi connectivity index (χ2n) is 3.89. The van der Waals surface area contributed by atoms with Gasteiger partial charge < -0.3 is 4.48 Å². The molecule has 0 spiro atoms. The van der Waals surface area contributed by atoms with Gasteiger partial charge in [-0.3, -0.25) is 0 Å². The third-order valence-corrected chi connectivity index (χ3v) is 3.19. The third kappa shape index (κ3) is 0.644. The van der Waals surface area contributed by atoms with Crippen LogP contribution in [0.2, 0.25) is 0 Å². The summed E-state index contributed by atoms with van der Waals surface area (Å²) in [6.07, 6.45) is 1.51. The average molecular weight is 126 g/mol. The van der Waals surface area contributed by atoms with E-state index in [9.17, 15) is 0 Å². The maximum Gasteiger partial charge on any atom is 0.139 e. The van der Waals surface area contributed by atoms with E-state index in [2.05, 4.69) is 13.8 Å². The molecule has 52 valence electrons. The Hall–Kier alpha value is -0.0400. The highest BCUT2D eigenvalue weighted by Gasteiger charge is 2.59. The van der Waals surface area contributed by atoms with Crippen molar-refractivity contribution < 1.29 is 4.48 Å². The predicted octanol–water partition coefficient (Wildman–Crippen LogP) is 1.25. The van der Waals surface area contributed by atoms with Gasteiger partial charge in [-0.1, -0.05) is 6.92 Å². The fourth-order valence-corrected chi connectivity index (χ4v) is 2.57. The van der Waals surface area contributed by atoms with Crippen molar-refractivity contribution in [3.05, 3.63) is 0 Å². The zero-order valence-electron chi connectivity index (χ0n) is 6.43. The molecule has 0 aromatic rings. The Morgan fingerprint density at radius 1 is 1.44 bits per heavy atom. The Morgan fingerprint density at radius 3 is 2.56 bits per heavy atom. The molecule has 1 heteroatoms. The number of likely N-dealkylation sites (N-methyl/N-ethyl adjacent to an activating group) is 1. The molecule has 2 unspecified atom stereocenters. The minimum Gasteiger partial charge on any atom is -0.312 e. The second kappa shape index (κ2) is 1.51. The lowest BCUT2D eigenvalue weighted by molar-refractivity contribution is -0.802. The summed E-state index contributed by atoms with van der Waals surface area (Å²) in [5, 5.41) is 0. The van der Waals surface area contributed by atoms with Gasteiger partial charge in [-0.05, 0) is 6.92 Å². The molecule has 3 atom stereocenters. The highest BCUT2D eigenvalue weighted by molar-refractivity contribution is 4.83. The quantitative estimate of drug-likeness (QED) is 0.366. The van der Waals surface area contributed by atoms with Crippen molar-refractivity contribution in [2.24, 2.45) is 5.92 Å². The fraction of sp³-hybridized carbons (Fsp3) is 1.00. The Labute approximate surface area is 57.3 Å². The zero-order valence-corrected chi connectivity index (χ0v) is 6.43. The molecule has 2 rings (SSSR count). The van der Waals surface area contributed by atoms with Crippen molar-refractivity contribution in [2.75, 3.05) is 19.6 Å². The molecule has 0 saturated carbocycles. The van der Waals surface area contributed by atoms with Crippen LogP contribution < -0.4 is 0 Å². The van der Waals surface area contributed by atoms with Gasteiger partial charge in [0.25, 0.3) is 0 Å². The smallest absolute Gasteiger partial charge is 0.139 e. The average Bonchev–Trinajstić information content (AvgIpc) is 2.38. The number of hydrogen-bond acceptors (Lipinski definition) is 0. The molecule has 0 aliphatic carbocycles. The number of nitrogens with zero attached hydrogens (tertiary/aromatic N) is 1. The van der Waals surface area contributed by atoms with Crippen molar-refractivity contribution in [2.45, 2.75) is 26.3 Å². The van der Waals surface area contributed by atoms with Crippen LogP contribution in [0.5, 0.6) is 0 Å². The molecule has 2 heterocycles. The first kappa shape index (κ1) is 5.72. The summed E-state index contributed by atoms with van der Waals surface area (Å²) < 4.78 is 1.47. The summed E-state index contributed by atoms with van der Waals surface area (Å²) in [6.45, 7) is 9.08. The molecular formula is C8H16N+. The number of hydrogen-bond donors (Lipinski definition) is 0. The van der Waals surface area contributed by atoms with Crippen LogP contribution in [-0.2, 0) is 0 Å². The van der Waals surface area contributed by atoms with E-state index in [0.717, 1.165) is 12.0 Å². The largest absolute Gasteiger partial charge is 0.312 e. The Morgan fingerprint density at radius 2 is 2.22 bits per heavy atom. The van der Waals surface area contributed by atoms with Crippen molar-refractivity contribution in [1.29, 1.82) is 0 Å². The molecule has 0 N–H and O–H groups in total. The van der Waals surface area contributed by atoms with Crippen molar-refractivity contribution in [3.8, 4) is 0 Å². The molecule has 0 radical (unpaired) electrons. The maximum absolute atomic E-state index is 2.39. The highest BCUT2D eigenvalue weighted by atomic mass is 15.5. The lowest BCUT2D eigenvalue weighted by Crippen LogP contribution is -2.26. The predicted molar refractivity (Wildman–Crippen MR) is 38.1 cm³/mol. The van der Waals surface area contributed by atoms with Crippen molar-refractivity contribution in [3.63, 3.8) is 0 Å².